The van der Waals surface area contributed by atoms with Gasteiger partial charge in [0.25, 0.3) is 0 Å². The number of nitrogens with zero attached hydrogens (tertiary/aromatic N) is 2. The number of alkyl halides is 6. The number of rotatable bonds is 6. The molecule has 354 valence electrons. The van der Waals surface area contributed by atoms with Gasteiger partial charge in [0.15, 0.2) is 46.5 Å². The van der Waals surface area contributed by atoms with Gasteiger partial charge in [-0.2, -0.15) is 26.3 Å². The Morgan fingerprint density at radius 1 is 0.386 bits per heavy atom. The number of carbonyl (C=O) groups excluding carboxylic acids is 2. The number of halogens is 14. The smallest absolute Gasteiger partial charge is 0.354 e. The molecule has 0 radical (unpaired) electrons. The Morgan fingerprint density at radius 2 is 0.657 bits per heavy atom. The van der Waals surface area contributed by atoms with Crippen LogP contribution in [-0.2, 0) is 9.59 Å². The molecule has 0 aliphatic carbocycles. The summed E-state index contributed by atoms with van der Waals surface area (Å²) in [6.45, 7) is 0. The Labute approximate surface area is 381 Å². The van der Waals surface area contributed by atoms with Crippen molar-refractivity contribution in [3.63, 3.8) is 0 Å². The SMILES string of the molecule is O=C(Nc1ccc(-c2c3nc(c(-c4c(F)c(F)cc(F)c4F)c4ccc([nH]4)c(-c4ccc(NC(=O)C(F)(F)F)cc4)c4nc(c(-c5c(F)c(F)cc(F)c5F)c5ccc2[nH]5)C=C4)C=C3)cc1)C(F)(F)F. The van der Waals surface area contributed by atoms with Crippen LogP contribution in [0.2, 0.25) is 0 Å². The van der Waals surface area contributed by atoms with Crippen molar-refractivity contribution in [2.45, 2.75) is 12.4 Å². The Kier molecular flexibility index (Phi) is 11.4. The summed E-state index contributed by atoms with van der Waals surface area (Å²) in [6.07, 6.45) is -5.68. The average molecular weight is 981 g/mol. The van der Waals surface area contributed by atoms with Crippen LogP contribution in [0.4, 0.5) is 72.8 Å². The summed E-state index contributed by atoms with van der Waals surface area (Å²) in [6, 6.07) is 14.0. The third-order valence-electron chi connectivity index (χ3n) is 10.9. The van der Waals surface area contributed by atoms with Crippen LogP contribution < -0.4 is 10.6 Å². The summed E-state index contributed by atoms with van der Waals surface area (Å²) in [7, 11) is 0. The van der Waals surface area contributed by atoms with E-state index in [0.29, 0.717) is 0 Å². The fraction of sp³-hybridized carbons (Fsp3) is 0.0417. The van der Waals surface area contributed by atoms with Gasteiger partial charge in [-0.1, -0.05) is 24.3 Å². The number of aromatic nitrogens is 4. The Bertz CT molecular complexity index is 3310. The largest absolute Gasteiger partial charge is 0.471 e. The first-order chi connectivity index (χ1) is 33.1. The Hall–Kier alpha value is -8.56. The van der Waals surface area contributed by atoms with E-state index >= 15 is 35.1 Å². The van der Waals surface area contributed by atoms with Crippen LogP contribution >= 0.6 is 0 Å². The number of hydrogen-bond acceptors (Lipinski definition) is 4. The van der Waals surface area contributed by atoms with E-state index in [1.165, 1.54) is 72.8 Å². The van der Waals surface area contributed by atoms with Crippen LogP contribution in [0, 0.1) is 46.5 Å². The number of H-pyrrole nitrogens is 2. The maximum Gasteiger partial charge on any atom is 0.471 e. The van der Waals surface area contributed by atoms with E-state index < -0.39 is 93.0 Å². The van der Waals surface area contributed by atoms with E-state index in [1.54, 1.807) is 10.6 Å². The van der Waals surface area contributed by atoms with Crippen molar-refractivity contribution in [1.29, 1.82) is 0 Å². The van der Waals surface area contributed by atoms with Crippen LogP contribution in [0.25, 0.3) is 90.9 Å². The van der Waals surface area contributed by atoms with Crippen LogP contribution in [0.5, 0.6) is 0 Å². The minimum absolute atomic E-state index is 0.0245. The summed E-state index contributed by atoms with van der Waals surface area (Å²) < 4.78 is 202. The topological polar surface area (TPSA) is 116 Å². The minimum Gasteiger partial charge on any atom is -0.354 e. The van der Waals surface area contributed by atoms with Gasteiger partial charge in [-0.3, -0.25) is 9.59 Å². The molecule has 4 N–H and O–H groups in total. The number of nitrogens with one attached hydrogen (secondary N) is 4. The van der Waals surface area contributed by atoms with Gasteiger partial charge < -0.3 is 20.6 Å². The molecule has 22 heteroatoms. The first-order valence-electron chi connectivity index (χ1n) is 19.9. The fourth-order valence-corrected chi connectivity index (χ4v) is 7.77. The van der Waals surface area contributed by atoms with E-state index in [1.807, 2.05) is 0 Å². The van der Waals surface area contributed by atoms with Gasteiger partial charge in [-0.25, -0.2) is 45.1 Å². The zero-order valence-electron chi connectivity index (χ0n) is 34.4. The molecule has 0 spiro atoms. The third-order valence-corrected chi connectivity index (χ3v) is 10.9. The first-order valence-corrected chi connectivity index (χ1v) is 19.9. The van der Waals surface area contributed by atoms with E-state index in [0.717, 1.165) is 24.3 Å². The predicted octanol–water partition coefficient (Wildman–Crippen LogP) is 13.4. The minimum atomic E-state index is -5.27. The molecule has 8 nitrogen and oxygen atoms in total. The Balaban J connectivity index is 1.42. The number of hydrogen-bond donors (Lipinski definition) is 4. The highest BCUT2D eigenvalue weighted by atomic mass is 19.4. The van der Waals surface area contributed by atoms with E-state index in [2.05, 4.69) is 19.9 Å². The highest BCUT2D eigenvalue weighted by Gasteiger charge is 2.39. The fourth-order valence-electron chi connectivity index (χ4n) is 7.77. The highest BCUT2D eigenvalue weighted by molar-refractivity contribution is 6.01. The maximum absolute atomic E-state index is 15.9. The van der Waals surface area contributed by atoms with Gasteiger partial charge >= 0.3 is 24.2 Å². The number of fused-ring (bicyclic) bond motifs is 8. The third kappa shape index (κ3) is 8.40. The molecule has 70 heavy (non-hydrogen) atoms. The molecule has 4 aromatic carbocycles. The molecule has 8 bridgehead atoms. The summed E-state index contributed by atoms with van der Waals surface area (Å²) >= 11 is 0. The highest BCUT2D eigenvalue weighted by Crippen LogP contribution is 2.42. The van der Waals surface area contributed by atoms with Crippen molar-refractivity contribution < 1.29 is 71.1 Å². The van der Waals surface area contributed by atoms with Crippen molar-refractivity contribution in [1.82, 2.24) is 19.9 Å². The second-order valence-corrected chi connectivity index (χ2v) is 15.2. The van der Waals surface area contributed by atoms with Crippen LogP contribution in [-0.4, -0.2) is 44.1 Å². The zero-order valence-corrected chi connectivity index (χ0v) is 34.4. The lowest BCUT2D eigenvalue weighted by Gasteiger charge is -2.11. The van der Waals surface area contributed by atoms with Crippen molar-refractivity contribution in [2.75, 3.05) is 10.6 Å². The summed E-state index contributed by atoms with van der Waals surface area (Å²) in [4.78, 5) is 38.3. The maximum atomic E-state index is 15.9. The number of carbonyl (C=O) groups is 2. The van der Waals surface area contributed by atoms with Gasteiger partial charge in [-0.15, -0.1) is 0 Å². The number of aromatic amines is 2. The summed E-state index contributed by atoms with van der Waals surface area (Å²) in [5, 5.41) is 3.35. The first kappa shape index (κ1) is 46.5. The molecule has 5 heterocycles. The Morgan fingerprint density at radius 3 is 0.943 bits per heavy atom. The molecule has 0 saturated carbocycles. The zero-order chi connectivity index (χ0) is 50.1. The van der Waals surface area contributed by atoms with E-state index in [9.17, 15) is 35.9 Å². The second kappa shape index (κ2) is 17.2. The van der Waals surface area contributed by atoms with Crippen LogP contribution in [0.1, 0.15) is 22.8 Å². The molecule has 0 unspecified atom stereocenters. The molecule has 2 aliphatic heterocycles. The molecule has 2 amide bonds. The molecule has 0 atom stereocenters. The van der Waals surface area contributed by atoms with Gasteiger partial charge in [-0.05, 0) is 84.0 Å². The predicted molar refractivity (Wildman–Crippen MR) is 230 cm³/mol. The van der Waals surface area contributed by atoms with Gasteiger partial charge in [0, 0.05) is 67.8 Å². The molecule has 9 rings (SSSR count). The summed E-state index contributed by atoms with van der Waals surface area (Å²) in [5.41, 5.74) is -5.96. The number of benzene rings is 4. The lowest BCUT2D eigenvalue weighted by molar-refractivity contribution is -0.167. The molecule has 2 aliphatic rings. The standard InChI is InChI=1S/C48H22F14N6O2/c49-23-17-24(50)42(54)39(41(23)53)37-31-13-9-27(65-31)35(19-1-5-21(6-2-19)63-45(69)47(57,58)59)28-10-14-32(66-28)38(40-43(55)25(51)18-26(52)44(40)56)34-16-12-30(68-34)36(29-11-15-33(37)67-29)20-3-7-22(8-4-20)64-46(70)48(60,61)62/h1-18,65,68H,(H,63,69)(H,64,70). The van der Waals surface area contributed by atoms with E-state index in [4.69, 9.17) is 0 Å². The van der Waals surface area contributed by atoms with Gasteiger partial charge in [0.1, 0.15) is 0 Å². The molecule has 3 aromatic heterocycles. The molecule has 7 aromatic rings. The van der Waals surface area contributed by atoms with Crippen molar-refractivity contribution in [3.05, 3.63) is 154 Å². The lowest BCUT2D eigenvalue weighted by atomic mass is 10.0. The van der Waals surface area contributed by atoms with Crippen LogP contribution in [0.15, 0.2) is 84.9 Å². The monoisotopic (exact) mass is 980 g/mol. The normalized spacial score (nSPS) is 12.4. The van der Waals surface area contributed by atoms with E-state index in [-0.39, 0.29) is 90.6 Å². The van der Waals surface area contributed by atoms with Crippen molar-refractivity contribution in [3.8, 4) is 44.5 Å². The summed E-state index contributed by atoms with van der Waals surface area (Å²) in [5.74, 6) is -19.3. The molecule has 0 saturated heterocycles. The van der Waals surface area contributed by atoms with Crippen molar-refractivity contribution >= 4 is 69.6 Å². The number of anilines is 2. The second-order valence-electron chi connectivity index (χ2n) is 15.2. The van der Waals surface area contributed by atoms with Crippen LogP contribution in [0.3, 0.4) is 0 Å². The van der Waals surface area contributed by atoms with Gasteiger partial charge in [0.2, 0.25) is 0 Å². The van der Waals surface area contributed by atoms with Gasteiger partial charge in [0.05, 0.1) is 33.9 Å². The average Bonchev–Trinajstić information content (AvgIpc) is 4.16. The van der Waals surface area contributed by atoms with Crippen molar-refractivity contribution in [2.24, 2.45) is 0 Å². The molecular formula is C48H22F14N6O2. The lowest BCUT2D eigenvalue weighted by Crippen LogP contribution is -2.29. The molecular weight excluding hydrogens is 959 g/mol. The molecule has 0 fully saturated rings. The quantitative estimate of drug-likeness (QED) is 0.0981. The number of amides is 2.